The third-order valence-corrected chi connectivity index (χ3v) is 3.31. The number of nitrogens with two attached hydrogens (primary N) is 1. The summed E-state index contributed by atoms with van der Waals surface area (Å²) >= 11 is 0. The van der Waals surface area contributed by atoms with E-state index in [1.54, 1.807) is 6.92 Å². The summed E-state index contributed by atoms with van der Waals surface area (Å²) in [7, 11) is 0. The molecule has 0 atom stereocenters. The molecule has 2 aromatic rings. The number of terminal acetylenes is 1. The van der Waals surface area contributed by atoms with E-state index in [1.165, 1.54) is 23.3 Å². The summed E-state index contributed by atoms with van der Waals surface area (Å²) in [5.41, 5.74) is 9.65. The normalized spacial score (nSPS) is 9.35. The first-order valence-electron chi connectivity index (χ1n) is 8.34. The molecule has 2 aromatic carbocycles. The van der Waals surface area contributed by atoms with Gasteiger partial charge in [0, 0.05) is 12.6 Å². The van der Waals surface area contributed by atoms with E-state index in [9.17, 15) is 8.78 Å². The summed E-state index contributed by atoms with van der Waals surface area (Å²) in [6.07, 6.45) is 9.03. The zero-order valence-electron chi connectivity index (χ0n) is 15.6. The van der Waals surface area contributed by atoms with Gasteiger partial charge in [0.1, 0.15) is 11.6 Å². The summed E-state index contributed by atoms with van der Waals surface area (Å²) in [6, 6.07) is 11.9. The van der Waals surface area contributed by atoms with Crippen LogP contribution in [0, 0.1) is 31.4 Å². The van der Waals surface area contributed by atoms with Crippen molar-refractivity contribution >= 4 is 5.57 Å². The monoisotopic (exact) mass is 358 g/mol. The number of aryl methyl sites for hydroxylation is 1. The molecule has 0 aromatic heterocycles. The van der Waals surface area contributed by atoms with Gasteiger partial charge in [-0.05, 0) is 62.2 Å². The zero-order valence-corrected chi connectivity index (χ0v) is 15.6. The number of hydrogen-bond donors (Lipinski definition) is 2. The van der Waals surface area contributed by atoms with Crippen LogP contribution in [0.5, 0.6) is 0 Å². The van der Waals surface area contributed by atoms with E-state index in [0.29, 0.717) is 5.56 Å². The Morgan fingerprint density at radius 3 is 2.23 bits per heavy atom. The van der Waals surface area contributed by atoms with E-state index >= 15 is 0 Å². The van der Waals surface area contributed by atoms with Gasteiger partial charge in [0.25, 0.3) is 0 Å². The zero-order chi connectivity index (χ0) is 19.9. The van der Waals surface area contributed by atoms with Crippen LogP contribution in [0.4, 0.5) is 8.78 Å². The van der Waals surface area contributed by atoms with Gasteiger partial charge in [0.2, 0.25) is 0 Å². The summed E-state index contributed by atoms with van der Waals surface area (Å²) in [6.45, 7) is 10.2. The highest BCUT2D eigenvalue weighted by Gasteiger charge is 1.96. The van der Waals surface area contributed by atoms with Crippen LogP contribution in [0.3, 0.4) is 0 Å². The fourth-order valence-electron chi connectivity index (χ4n) is 2.10. The average Bonchev–Trinajstić information content (AvgIpc) is 2.60. The molecular formula is C22H28F2N2. The second-order valence-corrected chi connectivity index (χ2v) is 5.75. The van der Waals surface area contributed by atoms with Crippen molar-refractivity contribution in [1.82, 2.24) is 5.32 Å². The molecule has 0 radical (unpaired) electrons. The van der Waals surface area contributed by atoms with Crippen LogP contribution in [-0.2, 0) is 6.54 Å². The second-order valence-electron chi connectivity index (χ2n) is 5.75. The predicted octanol–water partition coefficient (Wildman–Crippen LogP) is 4.68. The highest BCUT2D eigenvalue weighted by atomic mass is 19.1. The molecule has 2 nitrogen and oxygen atoms in total. The van der Waals surface area contributed by atoms with Gasteiger partial charge in [-0.25, -0.2) is 8.78 Å². The first-order chi connectivity index (χ1) is 12.4. The van der Waals surface area contributed by atoms with Crippen molar-refractivity contribution in [3.8, 4) is 12.8 Å². The maximum atomic E-state index is 12.2. The SMILES string of the molecule is C#C.C=C(C)c1cccc(CNCCCN)c1.Cc1cc(F)cc(F)c1. The van der Waals surface area contributed by atoms with E-state index in [1.807, 2.05) is 6.92 Å². The Morgan fingerprint density at radius 1 is 1.12 bits per heavy atom. The number of allylic oxidation sites excluding steroid dienone is 1. The molecule has 0 saturated heterocycles. The second kappa shape index (κ2) is 13.8. The van der Waals surface area contributed by atoms with E-state index in [0.717, 1.165) is 37.7 Å². The molecule has 0 spiro atoms. The number of benzene rings is 2. The minimum atomic E-state index is -0.521. The summed E-state index contributed by atoms with van der Waals surface area (Å²) in [5, 5.41) is 3.36. The van der Waals surface area contributed by atoms with Gasteiger partial charge >= 0.3 is 0 Å². The lowest BCUT2D eigenvalue weighted by molar-refractivity contribution is 0.581. The lowest BCUT2D eigenvalue weighted by Gasteiger charge is -2.06. The molecule has 0 aliphatic heterocycles. The minimum absolute atomic E-state index is 0.521. The van der Waals surface area contributed by atoms with Crippen molar-refractivity contribution in [2.24, 2.45) is 5.73 Å². The molecule has 4 heteroatoms. The molecule has 0 amide bonds. The molecule has 0 bridgehead atoms. The van der Waals surface area contributed by atoms with Crippen molar-refractivity contribution in [2.75, 3.05) is 13.1 Å². The van der Waals surface area contributed by atoms with Gasteiger partial charge in [0.05, 0.1) is 0 Å². The van der Waals surface area contributed by atoms with Crippen LogP contribution in [-0.4, -0.2) is 13.1 Å². The maximum absolute atomic E-state index is 12.2. The van der Waals surface area contributed by atoms with Gasteiger partial charge in [-0.2, -0.15) is 0 Å². The standard InChI is InChI=1S/C13H20N2.C7H6F2.C2H2/c1-11(2)13-6-3-5-12(9-13)10-15-8-4-7-14;1-5-2-6(8)4-7(9)3-5;1-2/h3,5-6,9,15H,1,4,7-8,10,14H2,2H3;2-4H,1H3;1-2H. The molecule has 2 rings (SSSR count). The van der Waals surface area contributed by atoms with Crippen LogP contribution < -0.4 is 11.1 Å². The van der Waals surface area contributed by atoms with Gasteiger partial charge < -0.3 is 11.1 Å². The Morgan fingerprint density at radius 2 is 1.73 bits per heavy atom. The number of nitrogens with one attached hydrogen (secondary N) is 1. The Hall–Kier alpha value is -2.48. The fourth-order valence-corrected chi connectivity index (χ4v) is 2.10. The van der Waals surface area contributed by atoms with E-state index in [2.05, 4.69) is 49.0 Å². The summed E-state index contributed by atoms with van der Waals surface area (Å²) in [4.78, 5) is 0. The molecule has 3 N–H and O–H groups in total. The third-order valence-electron chi connectivity index (χ3n) is 3.31. The van der Waals surface area contributed by atoms with Gasteiger partial charge in [0.15, 0.2) is 0 Å². The van der Waals surface area contributed by atoms with Crippen LogP contribution >= 0.6 is 0 Å². The van der Waals surface area contributed by atoms with Gasteiger partial charge in [-0.1, -0.05) is 36.4 Å². The van der Waals surface area contributed by atoms with Crippen LogP contribution in [0.15, 0.2) is 49.0 Å². The quantitative estimate of drug-likeness (QED) is 0.581. The van der Waals surface area contributed by atoms with Crippen molar-refractivity contribution < 1.29 is 8.78 Å². The molecular weight excluding hydrogens is 330 g/mol. The Labute approximate surface area is 156 Å². The molecule has 26 heavy (non-hydrogen) atoms. The third kappa shape index (κ3) is 10.4. The van der Waals surface area contributed by atoms with Crippen molar-refractivity contribution in [1.29, 1.82) is 0 Å². The largest absolute Gasteiger partial charge is 0.330 e. The lowest BCUT2D eigenvalue weighted by Crippen LogP contribution is -2.17. The number of halogens is 2. The van der Waals surface area contributed by atoms with E-state index in [-0.39, 0.29) is 0 Å². The van der Waals surface area contributed by atoms with Crippen molar-refractivity contribution in [3.63, 3.8) is 0 Å². The number of hydrogen-bond acceptors (Lipinski definition) is 2. The summed E-state index contributed by atoms with van der Waals surface area (Å²) < 4.78 is 24.4. The smallest absolute Gasteiger partial charge is 0.126 e. The lowest BCUT2D eigenvalue weighted by atomic mass is 10.1. The van der Waals surface area contributed by atoms with E-state index < -0.39 is 11.6 Å². The minimum Gasteiger partial charge on any atom is -0.330 e. The molecule has 0 unspecified atom stereocenters. The topological polar surface area (TPSA) is 38.0 Å². The van der Waals surface area contributed by atoms with Crippen LogP contribution in [0.2, 0.25) is 0 Å². The summed E-state index contributed by atoms with van der Waals surface area (Å²) in [5.74, 6) is -1.04. The average molecular weight is 358 g/mol. The molecule has 0 aliphatic carbocycles. The maximum Gasteiger partial charge on any atom is 0.126 e. The number of rotatable bonds is 6. The Kier molecular flexibility index (Phi) is 12.5. The molecule has 140 valence electrons. The van der Waals surface area contributed by atoms with Crippen molar-refractivity contribution in [2.45, 2.75) is 26.8 Å². The van der Waals surface area contributed by atoms with Crippen LogP contribution in [0.1, 0.15) is 30.0 Å². The predicted molar refractivity (Wildman–Crippen MR) is 108 cm³/mol. The van der Waals surface area contributed by atoms with E-state index in [4.69, 9.17) is 5.73 Å². The first kappa shape index (κ1) is 23.5. The highest BCUT2D eigenvalue weighted by Crippen LogP contribution is 2.13. The molecule has 0 fully saturated rings. The molecule has 0 aliphatic rings. The first-order valence-corrected chi connectivity index (χ1v) is 8.34. The van der Waals surface area contributed by atoms with Gasteiger partial charge in [-0.15, -0.1) is 12.8 Å². The molecule has 0 saturated carbocycles. The molecule has 0 heterocycles. The van der Waals surface area contributed by atoms with Gasteiger partial charge in [-0.3, -0.25) is 0 Å². The highest BCUT2D eigenvalue weighted by molar-refractivity contribution is 5.61. The Balaban J connectivity index is 0.000000484. The fraction of sp³-hybridized carbons (Fsp3) is 0.273. The van der Waals surface area contributed by atoms with Crippen LogP contribution in [0.25, 0.3) is 5.57 Å². The Bertz CT molecular complexity index is 643. The van der Waals surface area contributed by atoms with Crippen molar-refractivity contribution in [3.05, 3.63) is 77.4 Å².